The number of hydrogen-bond acceptors (Lipinski definition) is 5. The van der Waals surface area contributed by atoms with Crippen LogP contribution in [0.25, 0.3) is 0 Å². The van der Waals surface area contributed by atoms with Gasteiger partial charge in [0.1, 0.15) is 6.10 Å². The minimum absolute atomic E-state index is 0. The molecule has 0 aromatic carbocycles. The molecule has 44 heavy (non-hydrogen) atoms. The van der Waals surface area contributed by atoms with Gasteiger partial charge in [0.25, 0.3) is 0 Å². The van der Waals surface area contributed by atoms with Crippen molar-refractivity contribution in [1.82, 2.24) is 4.90 Å². The standard InChI is InChI=1S/C38H74NO4.Mo/c1-5-9-12-14-17-22-29-36(30-23-18-15-13-10-6-2)43-38(41)32-24-19-16-20-26-33-39(8-4)34-27-21-25-31-37(40)42-35-28-11-7-3;/h36H,4-35H2,1-3H3;/q-1;. The first kappa shape index (κ1) is 45.7. The molecule has 0 bridgehead atoms. The molecule has 0 heterocycles. The zero-order valence-corrected chi connectivity index (χ0v) is 31.7. The van der Waals surface area contributed by atoms with Gasteiger partial charge in [-0.15, -0.1) is 6.54 Å². The fourth-order valence-corrected chi connectivity index (χ4v) is 5.67. The quantitative estimate of drug-likeness (QED) is 0.0289. The van der Waals surface area contributed by atoms with Crippen molar-refractivity contribution in [1.29, 1.82) is 0 Å². The summed E-state index contributed by atoms with van der Waals surface area (Å²) in [6.45, 7) is 14.3. The maximum Gasteiger partial charge on any atom is 0.306 e. The van der Waals surface area contributed by atoms with Crippen molar-refractivity contribution in [2.24, 2.45) is 0 Å². The van der Waals surface area contributed by atoms with E-state index in [1.165, 1.54) is 96.3 Å². The fourth-order valence-electron chi connectivity index (χ4n) is 5.67. The van der Waals surface area contributed by atoms with E-state index in [1.807, 2.05) is 0 Å². The van der Waals surface area contributed by atoms with Gasteiger partial charge in [-0.3, -0.25) is 9.59 Å². The minimum atomic E-state index is -0.0421. The van der Waals surface area contributed by atoms with Crippen LogP contribution in [0.5, 0.6) is 0 Å². The molecule has 0 aromatic heterocycles. The summed E-state index contributed by atoms with van der Waals surface area (Å²) in [5, 5.41) is 0. The van der Waals surface area contributed by atoms with E-state index in [4.69, 9.17) is 9.47 Å². The number of hydrogen-bond donors (Lipinski definition) is 0. The van der Waals surface area contributed by atoms with Crippen molar-refractivity contribution in [2.45, 2.75) is 200 Å². The molecule has 0 atom stereocenters. The molecule has 6 heteroatoms. The maximum absolute atomic E-state index is 12.6. The Balaban J connectivity index is 0. The van der Waals surface area contributed by atoms with Crippen LogP contribution >= 0.6 is 0 Å². The van der Waals surface area contributed by atoms with Crippen LogP contribution in [0.2, 0.25) is 0 Å². The van der Waals surface area contributed by atoms with E-state index in [9.17, 15) is 9.59 Å². The molecule has 0 saturated heterocycles. The van der Waals surface area contributed by atoms with Crippen molar-refractivity contribution < 1.29 is 40.1 Å². The van der Waals surface area contributed by atoms with Crippen LogP contribution < -0.4 is 0 Å². The summed E-state index contributed by atoms with van der Waals surface area (Å²) < 4.78 is 11.3. The van der Waals surface area contributed by atoms with Gasteiger partial charge in [-0.05, 0) is 70.9 Å². The molecule has 0 radical (unpaired) electrons. The molecule has 5 nitrogen and oxygen atoms in total. The number of rotatable bonds is 34. The molecule has 0 unspecified atom stereocenters. The molecule has 0 amide bonds. The van der Waals surface area contributed by atoms with Crippen LogP contribution in [0.15, 0.2) is 0 Å². The maximum atomic E-state index is 12.6. The summed E-state index contributed by atoms with van der Waals surface area (Å²) in [7, 11) is 0. The van der Waals surface area contributed by atoms with Crippen molar-refractivity contribution >= 4 is 11.9 Å². The molecule has 0 saturated carbocycles. The van der Waals surface area contributed by atoms with Crippen LogP contribution in [-0.2, 0) is 40.1 Å². The van der Waals surface area contributed by atoms with Gasteiger partial charge >= 0.3 is 11.9 Å². The third kappa shape index (κ3) is 33.0. The molecule has 262 valence electrons. The zero-order chi connectivity index (χ0) is 31.6. The Morgan fingerprint density at radius 3 is 1.48 bits per heavy atom. The zero-order valence-electron chi connectivity index (χ0n) is 29.7. The van der Waals surface area contributed by atoms with Crippen LogP contribution in [0.3, 0.4) is 0 Å². The summed E-state index contributed by atoms with van der Waals surface area (Å²) in [6, 6.07) is 0. The van der Waals surface area contributed by atoms with Crippen LogP contribution in [0, 0.1) is 6.92 Å². The van der Waals surface area contributed by atoms with E-state index in [0.717, 1.165) is 83.8 Å². The Morgan fingerprint density at radius 2 is 0.955 bits per heavy atom. The van der Waals surface area contributed by atoms with Gasteiger partial charge in [0.05, 0.1) is 6.61 Å². The summed E-state index contributed by atoms with van der Waals surface area (Å²) in [5.74, 6) is -0.0190. The fraction of sp³-hybridized carbons (Fsp3) is 0.921. The smallest absolute Gasteiger partial charge is 0.306 e. The predicted molar refractivity (Wildman–Crippen MR) is 184 cm³/mol. The van der Waals surface area contributed by atoms with Crippen LogP contribution in [0.4, 0.5) is 0 Å². The molecule has 0 spiro atoms. The Bertz CT molecular complexity index is 587. The van der Waals surface area contributed by atoms with Gasteiger partial charge in [-0.2, -0.15) is 0 Å². The molecule has 0 aliphatic heterocycles. The van der Waals surface area contributed by atoms with Gasteiger partial charge in [-0.1, -0.05) is 124 Å². The normalized spacial score (nSPS) is 11.2. The third-order valence-corrected chi connectivity index (χ3v) is 8.60. The van der Waals surface area contributed by atoms with Crippen LogP contribution in [-0.4, -0.2) is 49.2 Å². The third-order valence-electron chi connectivity index (χ3n) is 8.60. The average molecular weight is 705 g/mol. The van der Waals surface area contributed by atoms with Gasteiger partial charge in [-0.25, -0.2) is 0 Å². The van der Waals surface area contributed by atoms with Gasteiger partial charge < -0.3 is 21.3 Å². The molecular formula is C38H74MoNO4-. The molecule has 0 aliphatic carbocycles. The number of ether oxygens (including phenoxy) is 2. The van der Waals surface area contributed by atoms with E-state index in [-0.39, 0.29) is 39.1 Å². The monoisotopic (exact) mass is 706 g/mol. The van der Waals surface area contributed by atoms with Crippen molar-refractivity contribution in [3.8, 4) is 0 Å². The van der Waals surface area contributed by atoms with Gasteiger partial charge in [0, 0.05) is 33.9 Å². The van der Waals surface area contributed by atoms with Gasteiger partial charge in [0.2, 0.25) is 0 Å². The van der Waals surface area contributed by atoms with E-state index < -0.39 is 0 Å². The second-order valence-corrected chi connectivity index (χ2v) is 12.8. The van der Waals surface area contributed by atoms with Crippen molar-refractivity contribution in [3.05, 3.63) is 6.92 Å². The first-order valence-corrected chi connectivity index (χ1v) is 18.9. The number of carbonyl (C=O) groups is 2. The second kappa shape index (κ2) is 37.1. The topological polar surface area (TPSA) is 55.8 Å². The van der Waals surface area contributed by atoms with Crippen LogP contribution in [0.1, 0.15) is 194 Å². The summed E-state index contributed by atoms with van der Waals surface area (Å²) in [4.78, 5) is 26.8. The molecule has 0 rings (SSSR count). The predicted octanol–water partition coefficient (Wildman–Crippen LogP) is 11.2. The molecule has 0 N–H and O–H groups in total. The second-order valence-electron chi connectivity index (χ2n) is 12.8. The summed E-state index contributed by atoms with van der Waals surface area (Å²) >= 11 is 0. The first-order chi connectivity index (χ1) is 21.1. The van der Waals surface area contributed by atoms with E-state index in [1.54, 1.807) is 0 Å². The Kier molecular flexibility index (Phi) is 38.5. The molecule has 0 fully saturated rings. The number of esters is 2. The van der Waals surface area contributed by atoms with Crippen molar-refractivity contribution in [2.75, 3.05) is 26.2 Å². The van der Waals surface area contributed by atoms with Crippen molar-refractivity contribution in [3.63, 3.8) is 0 Å². The molecule has 0 aliphatic rings. The van der Waals surface area contributed by atoms with Gasteiger partial charge in [0.15, 0.2) is 0 Å². The SMILES string of the molecule is [CH2-]CN(CCCCCCCC(=O)OC(CCCCCCCC)CCCCCCCC)CCCCCC(=O)OCCCCC.[Mo]. The Hall–Kier alpha value is -0.412. The summed E-state index contributed by atoms with van der Waals surface area (Å²) in [5.41, 5.74) is 0. The Morgan fingerprint density at radius 1 is 0.545 bits per heavy atom. The Labute approximate surface area is 289 Å². The number of carbonyl (C=O) groups excluding carboxylic acids is 2. The largest absolute Gasteiger partial charge is 0.466 e. The number of nitrogens with zero attached hydrogens (tertiary/aromatic N) is 1. The first-order valence-electron chi connectivity index (χ1n) is 18.9. The average Bonchev–Trinajstić information content (AvgIpc) is 3.00. The summed E-state index contributed by atoms with van der Waals surface area (Å²) in [6.07, 6.45) is 30.8. The van der Waals surface area contributed by atoms with E-state index in [0.29, 0.717) is 19.4 Å². The molecule has 0 aromatic rings. The van der Waals surface area contributed by atoms with E-state index in [2.05, 4.69) is 32.6 Å². The minimum Gasteiger partial charge on any atom is -0.466 e. The number of unbranched alkanes of at least 4 members (excludes halogenated alkanes) is 18. The van der Waals surface area contributed by atoms with E-state index >= 15 is 0 Å². The molecular weight excluding hydrogens is 630 g/mol.